The monoisotopic (exact) mass is 285 g/mol. The highest BCUT2D eigenvalue weighted by Crippen LogP contribution is 2.34. The lowest BCUT2D eigenvalue weighted by Crippen LogP contribution is -2.26. The SMILES string of the molecule is CC(C)(C)C1CCCN(c2nnc(CCCl)o2)CC1. The number of halogens is 1. The minimum absolute atomic E-state index is 0.384. The summed E-state index contributed by atoms with van der Waals surface area (Å²) in [5, 5.41) is 8.17. The second kappa shape index (κ2) is 6.12. The second-order valence-corrected chi connectivity index (χ2v) is 6.78. The molecule has 5 heteroatoms. The maximum absolute atomic E-state index is 5.69. The Morgan fingerprint density at radius 2 is 2.05 bits per heavy atom. The van der Waals surface area contributed by atoms with Crippen LogP contribution in [0.3, 0.4) is 0 Å². The normalized spacial score (nSPS) is 21.5. The molecule has 4 nitrogen and oxygen atoms in total. The summed E-state index contributed by atoms with van der Waals surface area (Å²) in [4.78, 5) is 2.22. The largest absolute Gasteiger partial charge is 0.408 e. The fraction of sp³-hybridized carbons (Fsp3) is 0.857. The van der Waals surface area contributed by atoms with Gasteiger partial charge in [0.15, 0.2) is 0 Å². The molecule has 1 aliphatic rings. The van der Waals surface area contributed by atoms with Crippen molar-refractivity contribution in [3.8, 4) is 0 Å². The summed E-state index contributed by atoms with van der Waals surface area (Å²) < 4.78 is 5.66. The van der Waals surface area contributed by atoms with Crippen LogP contribution in [0.1, 0.15) is 45.9 Å². The first-order valence-electron chi connectivity index (χ1n) is 7.14. The van der Waals surface area contributed by atoms with Crippen molar-refractivity contribution in [1.82, 2.24) is 10.2 Å². The van der Waals surface area contributed by atoms with Crippen LogP contribution in [0.15, 0.2) is 4.42 Å². The lowest BCUT2D eigenvalue weighted by molar-refractivity contribution is 0.220. The van der Waals surface area contributed by atoms with Crippen molar-refractivity contribution in [1.29, 1.82) is 0 Å². The van der Waals surface area contributed by atoms with E-state index in [2.05, 4.69) is 35.9 Å². The summed E-state index contributed by atoms with van der Waals surface area (Å²) in [5.74, 6) is 1.93. The summed E-state index contributed by atoms with van der Waals surface area (Å²) in [6.45, 7) is 9.01. The average Bonchev–Trinajstić information content (AvgIpc) is 2.64. The molecule has 1 unspecified atom stereocenters. The van der Waals surface area contributed by atoms with E-state index >= 15 is 0 Å². The molecular weight excluding hydrogens is 262 g/mol. The minimum Gasteiger partial charge on any atom is -0.408 e. The zero-order valence-corrected chi connectivity index (χ0v) is 12.9. The molecule has 0 amide bonds. The molecule has 2 rings (SSSR count). The van der Waals surface area contributed by atoms with E-state index in [1.165, 1.54) is 19.3 Å². The molecule has 19 heavy (non-hydrogen) atoms. The van der Waals surface area contributed by atoms with Crippen LogP contribution in [0.5, 0.6) is 0 Å². The van der Waals surface area contributed by atoms with E-state index in [4.69, 9.17) is 16.0 Å². The van der Waals surface area contributed by atoms with Crippen LogP contribution in [0.25, 0.3) is 0 Å². The van der Waals surface area contributed by atoms with Gasteiger partial charge in [-0.3, -0.25) is 0 Å². The van der Waals surface area contributed by atoms with E-state index in [1.54, 1.807) is 0 Å². The summed E-state index contributed by atoms with van der Waals surface area (Å²) in [5.41, 5.74) is 0.384. The van der Waals surface area contributed by atoms with Gasteiger partial charge in [-0.2, -0.15) is 0 Å². The topological polar surface area (TPSA) is 42.2 Å². The Morgan fingerprint density at radius 1 is 1.26 bits per heavy atom. The maximum Gasteiger partial charge on any atom is 0.318 e. The van der Waals surface area contributed by atoms with Crippen LogP contribution in [0.4, 0.5) is 6.01 Å². The first-order valence-corrected chi connectivity index (χ1v) is 7.67. The van der Waals surface area contributed by atoms with Gasteiger partial charge >= 0.3 is 6.01 Å². The molecule has 0 saturated carbocycles. The van der Waals surface area contributed by atoms with Crippen molar-refractivity contribution in [2.24, 2.45) is 11.3 Å². The van der Waals surface area contributed by atoms with Crippen LogP contribution in [-0.2, 0) is 6.42 Å². The van der Waals surface area contributed by atoms with Gasteiger partial charge in [-0.1, -0.05) is 25.9 Å². The number of anilines is 1. The number of aryl methyl sites for hydroxylation is 1. The molecule has 0 aliphatic carbocycles. The molecule has 1 aliphatic heterocycles. The van der Waals surface area contributed by atoms with Crippen molar-refractivity contribution in [2.75, 3.05) is 23.9 Å². The number of hydrogen-bond acceptors (Lipinski definition) is 4. The van der Waals surface area contributed by atoms with Gasteiger partial charge in [0.05, 0.1) is 0 Å². The molecule has 1 aromatic rings. The average molecular weight is 286 g/mol. The number of alkyl halides is 1. The molecule has 0 bridgehead atoms. The Kier molecular flexibility index (Phi) is 4.71. The number of aromatic nitrogens is 2. The number of hydrogen-bond donors (Lipinski definition) is 0. The Balaban J connectivity index is 1.98. The van der Waals surface area contributed by atoms with Crippen LogP contribution < -0.4 is 4.90 Å². The second-order valence-electron chi connectivity index (χ2n) is 6.40. The Morgan fingerprint density at radius 3 is 2.74 bits per heavy atom. The van der Waals surface area contributed by atoms with Gasteiger partial charge in [-0.05, 0) is 30.6 Å². The third kappa shape index (κ3) is 3.85. The molecule has 0 aromatic carbocycles. The van der Waals surface area contributed by atoms with Crippen LogP contribution in [-0.4, -0.2) is 29.2 Å². The first kappa shape index (κ1) is 14.6. The molecule has 1 atom stereocenters. The molecule has 0 N–H and O–H groups in total. The zero-order valence-electron chi connectivity index (χ0n) is 12.2. The van der Waals surface area contributed by atoms with Crippen LogP contribution in [0, 0.1) is 11.3 Å². The Labute approximate surface area is 120 Å². The maximum atomic E-state index is 5.69. The van der Waals surface area contributed by atoms with E-state index in [1.807, 2.05) is 0 Å². The van der Waals surface area contributed by atoms with Gasteiger partial charge in [-0.25, -0.2) is 0 Å². The summed E-state index contributed by atoms with van der Waals surface area (Å²) >= 11 is 5.69. The van der Waals surface area contributed by atoms with E-state index in [0.29, 0.717) is 29.6 Å². The van der Waals surface area contributed by atoms with Gasteiger partial charge in [0.25, 0.3) is 0 Å². The number of nitrogens with zero attached hydrogens (tertiary/aromatic N) is 3. The highest BCUT2D eigenvalue weighted by atomic mass is 35.5. The summed E-state index contributed by atoms with van der Waals surface area (Å²) in [6, 6.07) is 0.662. The van der Waals surface area contributed by atoms with Crippen molar-refractivity contribution >= 4 is 17.6 Å². The van der Waals surface area contributed by atoms with Crippen molar-refractivity contribution < 1.29 is 4.42 Å². The smallest absolute Gasteiger partial charge is 0.318 e. The van der Waals surface area contributed by atoms with Crippen molar-refractivity contribution in [2.45, 2.75) is 46.5 Å². The predicted octanol–water partition coefficient (Wildman–Crippen LogP) is 3.50. The van der Waals surface area contributed by atoms with Crippen LogP contribution >= 0.6 is 11.6 Å². The Hall–Kier alpha value is -0.770. The highest BCUT2D eigenvalue weighted by Gasteiger charge is 2.28. The van der Waals surface area contributed by atoms with E-state index in [9.17, 15) is 0 Å². The summed E-state index contributed by atoms with van der Waals surface area (Å²) in [6.07, 6.45) is 4.31. The van der Waals surface area contributed by atoms with Gasteiger partial charge in [0.2, 0.25) is 5.89 Å². The third-order valence-electron chi connectivity index (χ3n) is 3.99. The molecule has 0 spiro atoms. The van der Waals surface area contributed by atoms with Gasteiger partial charge < -0.3 is 9.32 Å². The van der Waals surface area contributed by atoms with Crippen LogP contribution in [0.2, 0.25) is 0 Å². The standard InChI is InChI=1S/C14H24ClN3O/c1-14(2,3)11-5-4-9-18(10-7-11)13-17-16-12(19-13)6-8-15/h11H,4-10H2,1-3H3. The highest BCUT2D eigenvalue weighted by molar-refractivity contribution is 6.17. The quantitative estimate of drug-likeness (QED) is 0.797. The van der Waals surface area contributed by atoms with Gasteiger partial charge in [0.1, 0.15) is 0 Å². The molecular formula is C14H24ClN3O. The lowest BCUT2D eigenvalue weighted by Gasteiger charge is -2.29. The fourth-order valence-corrected chi connectivity index (χ4v) is 2.87. The Bertz CT molecular complexity index is 400. The molecule has 0 radical (unpaired) electrons. The predicted molar refractivity (Wildman–Crippen MR) is 77.7 cm³/mol. The van der Waals surface area contributed by atoms with Crippen molar-refractivity contribution in [3.05, 3.63) is 5.89 Å². The number of rotatable bonds is 3. The van der Waals surface area contributed by atoms with Crippen molar-refractivity contribution in [3.63, 3.8) is 0 Å². The van der Waals surface area contributed by atoms with E-state index in [0.717, 1.165) is 19.0 Å². The molecule has 2 heterocycles. The summed E-state index contributed by atoms with van der Waals surface area (Å²) in [7, 11) is 0. The lowest BCUT2D eigenvalue weighted by atomic mass is 9.77. The van der Waals surface area contributed by atoms with Gasteiger partial charge in [0, 0.05) is 25.4 Å². The fourth-order valence-electron chi connectivity index (χ4n) is 2.71. The molecule has 1 saturated heterocycles. The first-order chi connectivity index (χ1) is 9.00. The van der Waals surface area contributed by atoms with Gasteiger partial charge in [-0.15, -0.1) is 16.7 Å². The third-order valence-corrected chi connectivity index (χ3v) is 4.18. The van der Waals surface area contributed by atoms with E-state index in [-0.39, 0.29) is 0 Å². The molecule has 1 fully saturated rings. The molecule has 1 aromatic heterocycles. The zero-order chi connectivity index (χ0) is 13.9. The molecule has 108 valence electrons. The van der Waals surface area contributed by atoms with E-state index < -0.39 is 0 Å². The minimum atomic E-state index is 0.384.